The van der Waals surface area contributed by atoms with Crippen LogP contribution in [0.4, 0.5) is 0 Å². The van der Waals surface area contributed by atoms with Gasteiger partial charge in [0.05, 0.1) is 12.0 Å². The molecule has 140 valence electrons. The molecule has 1 amide bonds. The van der Waals surface area contributed by atoms with Gasteiger partial charge in [-0.05, 0) is 31.2 Å². The zero-order valence-electron chi connectivity index (χ0n) is 14.6. The topological polar surface area (TPSA) is 111 Å². The van der Waals surface area contributed by atoms with E-state index >= 15 is 0 Å². The number of sulfonamides is 1. The fraction of sp³-hybridized carbons (Fsp3) is 0.111. The van der Waals surface area contributed by atoms with Crippen LogP contribution in [0, 0.1) is 6.92 Å². The van der Waals surface area contributed by atoms with Gasteiger partial charge < -0.3 is 9.26 Å². The summed E-state index contributed by atoms with van der Waals surface area (Å²) in [5.41, 5.74) is 3.35. The van der Waals surface area contributed by atoms with Crippen LogP contribution in [-0.4, -0.2) is 26.6 Å². The molecule has 1 heterocycles. The normalized spacial score (nSPS) is 11.2. The van der Waals surface area contributed by atoms with Gasteiger partial charge in [-0.1, -0.05) is 35.5 Å². The standard InChI is InChI=1S/C18H17N3O5S/c1-12-16(17(20-26-12)13-6-4-3-5-7-13)18(22)19-21-27(23,24)15-10-8-14(25-2)9-11-15/h3-11,21H,1-2H3,(H,19,22). The molecule has 0 unspecified atom stereocenters. The summed E-state index contributed by atoms with van der Waals surface area (Å²) in [6, 6.07) is 14.7. The summed E-state index contributed by atoms with van der Waals surface area (Å²) >= 11 is 0. The fourth-order valence-corrected chi connectivity index (χ4v) is 3.26. The van der Waals surface area contributed by atoms with Crippen molar-refractivity contribution in [1.29, 1.82) is 0 Å². The summed E-state index contributed by atoms with van der Waals surface area (Å²) in [6.45, 7) is 1.58. The highest BCUT2D eigenvalue weighted by Crippen LogP contribution is 2.24. The molecule has 27 heavy (non-hydrogen) atoms. The van der Waals surface area contributed by atoms with E-state index in [9.17, 15) is 13.2 Å². The minimum absolute atomic E-state index is 0.0195. The number of nitrogens with one attached hydrogen (secondary N) is 2. The zero-order valence-corrected chi connectivity index (χ0v) is 15.4. The fourth-order valence-electron chi connectivity index (χ4n) is 2.42. The van der Waals surface area contributed by atoms with Gasteiger partial charge in [0.15, 0.2) is 0 Å². The average molecular weight is 387 g/mol. The van der Waals surface area contributed by atoms with E-state index in [1.807, 2.05) is 6.07 Å². The van der Waals surface area contributed by atoms with Gasteiger partial charge in [0.25, 0.3) is 15.9 Å². The van der Waals surface area contributed by atoms with Crippen molar-refractivity contribution in [3.05, 3.63) is 65.9 Å². The molecule has 0 radical (unpaired) electrons. The van der Waals surface area contributed by atoms with Crippen molar-refractivity contribution in [2.45, 2.75) is 11.8 Å². The summed E-state index contributed by atoms with van der Waals surface area (Å²) < 4.78 is 34.8. The van der Waals surface area contributed by atoms with Gasteiger partial charge in [0.1, 0.15) is 22.8 Å². The van der Waals surface area contributed by atoms with Gasteiger partial charge in [-0.15, -0.1) is 4.83 Å². The molecule has 0 aliphatic rings. The van der Waals surface area contributed by atoms with E-state index in [1.54, 1.807) is 31.2 Å². The predicted octanol–water partition coefficient (Wildman–Crippen LogP) is 2.28. The summed E-state index contributed by atoms with van der Waals surface area (Å²) in [7, 11) is -2.47. The molecular formula is C18H17N3O5S. The molecule has 0 aliphatic heterocycles. The monoisotopic (exact) mass is 387 g/mol. The lowest BCUT2D eigenvalue weighted by Crippen LogP contribution is -2.41. The maximum absolute atomic E-state index is 12.5. The molecule has 2 N–H and O–H groups in total. The molecule has 1 aromatic heterocycles. The summed E-state index contributed by atoms with van der Waals surface area (Å²) in [4.78, 5) is 14.6. The first-order valence-corrected chi connectivity index (χ1v) is 9.38. The molecule has 8 nitrogen and oxygen atoms in total. The van der Waals surface area contributed by atoms with E-state index in [0.717, 1.165) is 0 Å². The first kappa shape index (κ1) is 18.6. The molecule has 0 aliphatic carbocycles. The van der Waals surface area contributed by atoms with Crippen LogP contribution in [0.15, 0.2) is 64.0 Å². The number of amides is 1. The van der Waals surface area contributed by atoms with Crippen LogP contribution in [0.1, 0.15) is 16.1 Å². The van der Waals surface area contributed by atoms with E-state index < -0.39 is 15.9 Å². The second-order valence-electron chi connectivity index (χ2n) is 5.56. The van der Waals surface area contributed by atoms with Crippen LogP contribution in [0.5, 0.6) is 5.75 Å². The predicted molar refractivity (Wildman–Crippen MR) is 97.5 cm³/mol. The molecule has 3 rings (SSSR count). The molecule has 3 aromatic rings. The minimum atomic E-state index is -3.95. The van der Waals surface area contributed by atoms with E-state index in [-0.39, 0.29) is 16.2 Å². The average Bonchev–Trinajstić information content (AvgIpc) is 3.08. The third kappa shape index (κ3) is 3.99. The number of methoxy groups -OCH3 is 1. The highest BCUT2D eigenvalue weighted by molar-refractivity contribution is 7.89. The van der Waals surface area contributed by atoms with Gasteiger partial charge in [-0.2, -0.15) is 0 Å². The highest BCUT2D eigenvalue weighted by atomic mass is 32.2. The van der Waals surface area contributed by atoms with E-state index in [4.69, 9.17) is 9.26 Å². The van der Waals surface area contributed by atoms with Crippen molar-refractivity contribution < 1.29 is 22.5 Å². The number of hydrogen-bond acceptors (Lipinski definition) is 6. The number of benzene rings is 2. The van der Waals surface area contributed by atoms with E-state index in [0.29, 0.717) is 17.0 Å². The van der Waals surface area contributed by atoms with Gasteiger partial charge in [-0.3, -0.25) is 10.2 Å². The summed E-state index contributed by atoms with van der Waals surface area (Å²) in [5, 5.41) is 3.90. The lowest BCUT2D eigenvalue weighted by molar-refractivity contribution is 0.0944. The number of nitrogens with zero attached hydrogens (tertiary/aromatic N) is 1. The maximum atomic E-state index is 12.5. The molecule has 0 spiro atoms. The minimum Gasteiger partial charge on any atom is -0.497 e. The molecule has 0 saturated heterocycles. The van der Waals surface area contributed by atoms with Crippen LogP contribution < -0.4 is 15.0 Å². The number of rotatable bonds is 6. The van der Waals surface area contributed by atoms with Crippen LogP contribution >= 0.6 is 0 Å². The van der Waals surface area contributed by atoms with Crippen LogP contribution in [0.25, 0.3) is 11.3 Å². The Kier molecular flexibility index (Phi) is 5.24. The SMILES string of the molecule is COc1ccc(S(=O)(=O)NNC(=O)c2c(-c3ccccc3)noc2C)cc1. The van der Waals surface area contributed by atoms with Crippen molar-refractivity contribution in [1.82, 2.24) is 15.4 Å². The van der Waals surface area contributed by atoms with Crippen molar-refractivity contribution >= 4 is 15.9 Å². The van der Waals surface area contributed by atoms with Gasteiger partial charge in [-0.25, -0.2) is 8.42 Å². The highest BCUT2D eigenvalue weighted by Gasteiger charge is 2.23. The molecule has 0 saturated carbocycles. The quantitative estimate of drug-likeness (QED) is 0.628. The van der Waals surface area contributed by atoms with Crippen molar-refractivity contribution in [2.75, 3.05) is 7.11 Å². The van der Waals surface area contributed by atoms with E-state index in [1.165, 1.54) is 31.4 Å². The number of carbonyl (C=O) groups excluding carboxylic acids is 1. The Morgan fingerprint density at radius 2 is 1.74 bits per heavy atom. The van der Waals surface area contributed by atoms with Gasteiger partial charge in [0, 0.05) is 5.56 Å². The van der Waals surface area contributed by atoms with Crippen LogP contribution in [0.2, 0.25) is 0 Å². The van der Waals surface area contributed by atoms with Crippen molar-refractivity contribution in [2.24, 2.45) is 0 Å². The van der Waals surface area contributed by atoms with Gasteiger partial charge >= 0.3 is 0 Å². The Hall–Kier alpha value is -3.17. The third-order valence-electron chi connectivity index (χ3n) is 3.81. The lowest BCUT2D eigenvalue weighted by atomic mass is 10.1. The summed E-state index contributed by atoms with van der Waals surface area (Å²) in [6.07, 6.45) is 0. The Morgan fingerprint density at radius 1 is 1.07 bits per heavy atom. The third-order valence-corrected chi connectivity index (χ3v) is 5.07. The van der Waals surface area contributed by atoms with E-state index in [2.05, 4.69) is 15.4 Å². The molecular weight excluding hydrogens is 370 g/mol. The van der Waals surface area contributed by atoms with Gasteiger partial charge in [0.2, 0.25) is 0 Å². The number of hydrogen-bond donors (Lipinski definition) is 2. The maximum Gasteiger partial charge on any atom is 0.272 e. The number of ether oxygens (including phenoxy) is 1. The van der Waals surface area contributed by atoms with Crippen LogP contribution in [-0.2, 0) is 10.0 Å². The first-order chi connectivity index (χ1) is 12.9. The Labute approximate surface area is 156 Å². The number of aryl methyl sites for hydroxylation is 1. The number of aromatic nitrogens is 1. The smallest absolute Gasteiger partial charge is 0.272 e. The van der Waals surface area contributed by atoms with Crippen molar-refractivity contribution in [3.8, 4) is 17.0 Å². The first-order valence-electron chi connectivity index (χ1n) is 7.90. The lowest BCUT2D eigenvalue weighted by Gasteiger charge is -2.09. The molecule has 9 heteroatoms. The largest absolute Gasteiger partial charge is 0.497 e. The Morgan fingerprint density at radius 3 is 2.37 bits per heavy atom. The molecule has 2 aromatic carbocycles. The van der Waals surface area contributed by atoms with Crippen LogP contribution in [0.3, 0.4) is 0 Å². The number of carbonyl (C=O) groups is 1. The zero-order chi connectivity index (χ0) is 19.4. The van der Waals surface area contributed by atoms with Crippen molar-refractivity contribution in [3.63, 3.8) is 0 Å². The second-order valence-corrected chi connectivity index (χ2v) is 7.25. The molecule has 0 fully saturated rings. The Bertz CT molecular complexity index is 1040. The molecule has 0 bridgehead atoms. The Balaban J connectivity index is 1.79. The second kappa shape index (κ2) is 7.60. The summed E-state index contributed by atoms with van der Waals surface area (Å²) in [5.74, 6) is 0.116. The molecule has 0 atom stereocenters. The number of hydrazine groups is 1.